The Kier molecular flexibility index (Phi) is 8.68. The molecule has 1 unspecified atom stereocenters. The molecule has 0 aromatic heterocycles. The van der Waals surface area contributed by atoms with Crippen LogP contribution in [0.3, 0.4) is 0 Å². The van der Waals surface area contributed by atoms with E-state index in [9.17, 15) is 9.59 Å². The maximum atomic E-state index is 13.3. The van der Waals surface area contributed by atoms with Crippen LogP contribution in [0.5, 0.6) is 11.5 Å². The summed E-state index contributed by atoms with van der Waals surface area (Å²) in [5.41, 5.74) is 7.35. The topological polar surface area (TPSA) is 73.9 Å². The Hall–Kier alpha value is -4.58. The molecular formula is C35H35NO5. The number of hydrogen-bond acceptors (Lipinski definition) is 5. The number of carbonyl (C=O) groups excluding carboxylic acids is 2. The predicted molar refractivity (Wildman–Crippen MR) is 160 cm³/mol. The quantitative estimate of drug-likeness (QED) is 0.211. The number of Topliss-reactive ketones (excluding diaryl/α,β-unsaturated/α-hetero) is 1. The zero-order chi connectivity index (χ0) is 28.8. The van der Waals surface area contributed by atoms with Crippen molar-refractivity contribution >= 4 is 11.9 Å². The molecule has 1 aliphatic carbocycles. The molecule has 1 atom stereocenters. The first-order valence-corrected chi connectivity index (χ1v) is 14.0. The second-order valence-electron chi connectivity index (χ2n) is 10.3. The highest BCUT2D eigenvalue weighted by Crippen LogP contribution is 2.44. The summed E-state index contributed by atoms with van der Waals surface area (Å²) in [5.74, 6) is 1.29. The fraction of sp³-hybridized carbons (Fsp3) is 0.257. The van der Waals surface area contributed by atoms with Crippen molar-refractivity contribution in [1.82, 2.24) is 5.32 Å². The first-order chi connectivity index (χ1) is 20.0. The van der Waals surface area contributed by atoms with Gasteiger partial charge in [-0.1, -0.05) is 79.7 Å². The second kappa shape index (κ2) is 12.7. The third-order valence-electron chi connectivity index (χ3n) is 7.45. The zero-order valence-corrected chi connectivity index (χ0v) is 23.7. The maximum Gasteiger partial charge on any atom is 0.407 e. The number of rotatable bonds is 11. The smallest absolute Gasteiger partial charge is 0.407 e. The van der Waals surface area contributed by atoms with Gasteiger partial charge in [-0.25, -0.2) is 4.79 Å². The number of nitrogens with one attached hydrogen (secondary N) is 1. The van der Waals surface area contributed by atoms with Gasteiger partial charge in [0.2, 0.25) is 0 Å². The van der Waals surface area contributed by atoms with Crippen molar-refractivity contribution in [2.24, 2.45) is 0 Å². The minimum Gasteiger partial charge on any atom is -0.496 e. The maximum absolute atomic E-state index is 13.3. The van der Waals surface area contributed by atoms with E-state index in [2.05, 4.69) is 29.6 Å². The van der Waals surface area contributed by atoms with Crippen molar-refractivity contribution in [1.29, 1.82) is 0 Å². The van der Waals surface area contributed by atoms with E-state index in [0.29, 0.717) is 17.9 Å². The highest BCUT2D eigenvalue weighted by atomic mass is 16.5. The number of carbonyl (C=O) groups is 2. The molecule has 1 amide bonds. The van der Waals surface area contributed by atoms with Gasteiger partial charge >= 0.3 is 6.09 Å². The molecule has 6 heteroatoms. The lowest BCUT2D eigenvalue weighted by Crippen LogP contribution is -2.31. The molecule has 0 aliphatic heterocycles. The number of ketones is 1. The van der Waals surface area contributed by atoms with Crippen LogP contribution in [0.2, 0.25) is 0 Å². The third-order valence-corrected chi connectivity index (χ3v) is 7.45. The van der Waals surface area contributed by atoms with Crippen molar-refractivity contribution < 1.29 is 23.8 Å². The Morgan fingerprint density at radius 2 is 1.54 bits per heavy atom. The second-order valence-corrected chi connectivity index (χ2v) is 10.3. The number of benzene rings is 4. The molecule has 1 N–H and O–H groups in total. The molecule has 6 nitrogen and oxygen atoms in total. The molecular weight excluding hydrogens is 514 g/mol. The van der Waals surface area contributed by atoms with Gasteiger partial charge in [0.15, 0.2) is 5.78 Å². The fourth-order valence-corrected chi connectivity index (χ4v) is 5.43. The lowest BCUT2D eigenvalue weighted by Gasteiger charge is -2.23. The van der Waals surface area contributed by atoms with Crippen LogP contribution in [-0.2, 0) is 9.53 Å². The number of hydrogen-bond donors (Lipinski definition) is 1. The van der Waals surface area contributed by atoms with E-state index in [-0.39, 0.29) is 24.9 Å². The largest absolute Gasteiger partial charge is 0.496 e. The Morgan fingerprint density at radius 1 is 0.878 bits per heavy atom. The van der Waals surface area contributed by atoms with E-state index >= 15 is 0 Å². The Balaban J connectivity index is 1.35. The summed E-state index contributed by atoms with van der Waals surface area (Å²) >= 11 is 0. The number of alkyl carbamates (subject to hydrolysis) is 1. The van der Waals surface area contributed by atoms with Crippen LogP contribution in [0.1, 0.15) is 59.5 Å². The zero-order valence-electron chi connectivity index (χ0n) is 23.7. The minimum atomic E-state index is -0.531. The predicted octanol–water partition coefficient (Wildman–Crippen LogP) is 7.38. The highest BCUT2D eigenvalue weighted by molar-refractivity contribution is 5.80. The van der Waals surface area contributed by atoms with Crippen LogP contribution >= 0.6 is 0 Å². The lowest BCUT2D eigenvalue weighted by atomic mass is 9.96. The van der Waals surface area contributed by atoms with Crippen molar-refractivity contribution in [3.8, 4) is 22.6 Å². The summed E-state index contributed by atoms with van der Waals surface area (Å²) in [7, 11) is 1.62. The molecule has 0 saturated heterocycles. The van der Waals surface area contributed by atoms with E-state index in [1.165, 1.54) is 11.1 Å². The van der Waals surface area contributed by atoms with E-state index in [1.807, 2.05) is 80.6 Å². The number of ether oxygens (including phenoxy) is 3. The summed E-state index contributed by atoms with van der Waals surface area (Å²) < 4.78 is 17.2. The van der Waals surface area contributed by atoms with E-state index in [0.717, 1.165) is 34.2 Å². The van der Waals surface area contributed by atoms with Gasteiger partial charge in [0, 0.05) is 17.9 Å². The van der Waals surface area contributed by atoms with Gasteiger partial charge in [-0.05, 0) is 64.9 Å². The Bertz CT molecular complexity index is 1480. The molecule has 0 heterocycles. The van der Waals surface area contributed by atoms with Gasteiger partial charge in [-0.2, -0.15) is 0 Å². The molecule has 0 saturated carbocycles. The normalized spacial score (nSPS) is 12.7. The summed E-state index contributed by atoms with van der Waals surface area (Å²) in [4.78, 5) is 25.2. The molecule has 4 aromatic carbocycles. The first kappa shape index (κ1) is 28.0. The monoisotopic (exact) mass is 549 g/mol. The fourth-order valence-electron chi connectivity index (χ4n) is 5.43. The number of amides is 1. The third kappa shape index (κ3) is 6.27. The van der Waals surface area contributed by atoms with Gasteiger partial charge in [0.1, 0.15) is 24.7 Å². The van der Waals surface area contributed by atoms with E-state index in [1.54, 1.807) is 7.11 Å². The molecule has 210 valence electrons. The van der Waals surface area contributed by atoms with Gasteiger partial charge in [0.25, 0.3) is 0 Å². The Morgan fingerprint density at radius 3 is 2.17 bits per heavy atom. The average molecular weight is 550 g/mol. The summed E-state index contributed by atoms with van der Waals surface area (Å²) in [5, 5.41) is 3.07. The molecule has 5 rings (SSSR count). The average Bonchev–Trinajstić information content (AvgIpc) is 3.32. The number of fused-ring (bicyclic) bond motifs is 3. The van der Waals surface area contributed by atoms with Crippen LogP contribution in [0.4, 0.5) is 4.79 Å². The SMILES string of the molecule is CCCC(=O)COc1ccc(C(NC(=O)OCC2c3ccccc3-c3ccccc32)c2ccc(C)cc2OC)cc1. The van der Waals surface area contributed by atoms with E-state index in [4.69, 9.17) is 14.2 Å². The van der Waals surface area contributed by atoms with Crippen molar-refractivity contribution in [3.63, 3.8) is 0 Å². The minimum absolute atomic E-state index is 0.0349. The lowest BCUT2D eigenvalue weighted by molar-refractivity contribution is -0.121. The summed E-state index contributed by atoms with van der Waals surface area (Å²) in [6, 6.07) is 29.3. The van der Waals surface area contributed by atoms with Crippen LogP contribution in [-0.4, -0.2) is 32.2 Å². The van der Waals surface area contributed by atoms with Crippen LogP contribution < -0.4 is 14.8 Å². The van der Waals surface area contributed by atoms with Crippen molar-refractivity contribution in [2.75, 3.05) is 20.3 Å². The molecule has 41 heavy (non-hydrogen) atoms. The molecule has 0 bridgehead atoms. The Labute approximate surface area is 241 Å². The first-order valence-electron chi connectivity index (χ1n) is 14.0. The van der Waals surface area contributed by atoms with Crippen LogP contribution in [0.15, 0.2) is 91.0 Å². The van der Waals surface area contributed by atoms with Crippen molar-refractivity contribution in [3.05, 3.63) is 119 Å². The van der Waals surface area contributed by atoms with E-state index < -0.39 is 12.1 Å². The molecule has 0 spiro atoms. The van der Waals surface area contributed by atoms with Crippen LogP contribution in [0, 0.1) is 6.92 Å². The number of methoxy groups -OCH3 is 1. The van der Waals surface area contributed by atoms with Crippen molar-refractivity contribution in [2.45, 2.75) is 38.6 Å². The van der Waals surface area contributed by atoms with Crippen LogP contribution in [0.25, 0.3) is 11.1 Å². The van der Waals surface area contributed by atoms with Gasteiger partial charge in [0.05, 0.1) is 13.2 Å². The van der Waals surface area contributed by atoms with Gasteiger partial charge < -0.3 is 19.5 Å². The van der Waals surface area contributed by atoms with Gasteiger partial charge in [-0.15, -0.1) is 0 Å². The summed E-state index contributed by atoms with van der Waals surface area (Å²) in [6.07, 6.45) is 0.769. The molecule has 0 fully saturated rings. The standard InChI is InChI=1S/C35H35NO5/c1-4-9-25(37)21-40-26-17-15-24(16-18-26)34(31-19-14-23(2)20-33(31)39-3)36-35(38)41-22-32-29-12-7-5-10-27(29)28-11-6-8-13-30(28)32/h5-8,10-20,32,34H,4,9,21-22H2,1-3H3,(H,36,38). The highest BCUT2D eigenvalue weighted by Gasteiger charge is 2.30. The number of aryl methyl sites for hydroxylation is 1. The molecule has 1 aliphatic rings. The molecule has 4 aromatic rings. The van der Waals surface area contributed by atoms with Gasteiger partial charge in [-0.3, -0.25) is 4.79 Å². The summed E-state index contributed by atoms with van der Waals surface area (Å²) in [6.45, 7) is 4.22. The molecule has 0 radical (unpaired) electrons.